The van der Waals surface area contributed by atoms with Crippen LogP contribution >= 0.6 is 0 Å². The second kappa shape index (κ2) is 9.65. The van der Waals surface area contributed by atoms with Crippen LogP contribution in [0.3, 0.4) is 0 Å². The van der Waals surface area contributed by atoms with Gasteiger partial charge in [0, 0.05) is 0 Å². The smallest absolute Gasteiger partial charge is 0.311 e. The largest absolute Gasteiger partial charge is 0.485 e. The fraction of sp³-hybridized carbons (Fsp3) is 0.583. The summed E-state index contributed by atoms with van der Waals surface area (Å²) in [5, 5.41) is 10.3. The Morgan fingerprint density at radius 3 is 2.43 bits per heavy atom. The van der Waals surface area contributed by atoms with Crippen molar-refractivity contribution in [2.45, 2.75) is 84.3 Å². The lowest BCUT2D eigenvalue weighted by Crippen LogP contribution is -2.41. The van der Waals surface area contributed by atoms with E-state index in [2.05, 4.69) is 24.9 Å². The fourth-order valence-electron chi connectivity index (χ4n) is 3.82. The molecule has 1 heterocycles. The number of ether oxygens (including phenoxy) is 2. The predicted octanol–water partition coefficient (Wildman–Crippen LogP) is 4.73. The first-order valence-electron chi connectivity index (χ1n) is 10.6. The van der Waals surface area contributed by atoms with Gasteiger partial charge in [-0.2, -0.15) is 0 Å². The van der Waals surface area contributed by atoms with E-state index in [-0.39, 0.29) is 12.4 Å². The molecule has 0 saturated carbocycles. The van der Waals surface area contributed by atoms with Gasteiger partial charge in [0.2, 0.25) is 5.89 Å². The molecule has 0 saturated heterocycles. The molecule has 1 aromatic carbocycles. The Labute approximate surface area is 179 Å². The van der Waals surface area contributed by atoms with E-state index in [1.54, 1.807) is 0 Å². The summed E-state index contributed by atoms with van der Waals surface area (Å²) in [7, 11) is 1.36. The van der Waals surface area contributed by atoms with Gasteiger partial charge < -0.3 is 19.0 Å². The van der Waals surface area contributed by atoms with Crippen LogP contribution in [0.25, 0.3) is 0 Å². The van der Waals surface area contributed by atoms with Gasteiger partial charge in [-0.3, -0.25) is 4.79 Å². The molecule has 6 nitrogen and oxygen atoms in total. The summed E-state index contributed by atoms with van der Waals surface area (Å²) in [6.07, 6.45) is 3.28. The van der Waals surface area contributed by atoms with E-state index in [0.717, 1.165) is 29.7 Å². The molecule has 0 bridgehead atoms. The maximum atomic E-state index is 11.6. The summed E-state index contributed by atoms with van der Waals surface area (Å²) in [5.41, 5.74) is 1.54. The van der Waals surface area contributed by atoms with Gasteiger partial charge in [-0.05, 0) is 57.2 Å². The second-order valence-electron chi connectivity index (χ2n) is 8.30. The molecule has 0 aliphatic heterocycles. The van der Waals surface area contributed by atoms with Crippen molar-refractivity contribution in [3.63, 3.8) is 0 Å². The van der Waals surface area contributed by atoms with Gasteiger partial charge in [-0.1, -0.05) is 32.9 Å². The van der Waals surface area contributed by atoms with E-state index in [1.165, 1.54) is 13.4 Å². The van der Waals surface area contributed by atoms with Crippen LogP contribution in [0.4, 0.5) is 0 Å². The lowest BCUT2D eigenvalue weighted by molar-refractivity contribution is -0.139. The Hall–Kier alpha value is -2.34. The summed E-state index contributed by atoms with van der Waals surface area (Å²) < 4.78 is 16.7. The summed E-state index contributed by atoms with van der Waals surface area (Å²) in [5.74, 6) is 1.00. The van der Waals surface area contributed by atoms with E-state index in [4.69, 9.17) is 13.9 Å². The van der Waals surface area contributed by atoms with Crippen LogP contribution in [-0.4, -0.2) is 34.9 Å². The number of carbonyl (C=O) groups excluding carboxylic acids is 1. The maximum absolute atomic E-state index is 11.6. The number of aliphatic hydroxyl groups is 1. The zero-order valence-electron chi connectivity index (χ0n) is 19.2. The third-order valence-electron chi connectivity index (χ3n) is 6.01. The van der Waals surface area contributed by atoms with Crippen molar-refractivity contribution in [3.8, 4) is 5.75 Å². The summed E-state index contributed by atoms with van der Waals surface area (Å²) in [6.45, 7) is 11.9. The highest BCUT2D eigenvalue weighted by molar-refractivity contribution is 5.71. The minimum Gasteiger partial charge on any atom is -0.485 e. The van der Waals surface area contributed by atoms with Crippen molar-refractivity contribution in [2.75, 3.05) is 7.11 Å². The van der Waals surface area contributed by atoms with Gasteiger partial charge in [-0.15, -0.1) is 0 Å². The third kappa shape index (κ3) is 4.86. The number of esters is 1. The number of aromatic nitrogens is 1. The number of methoxy groups -OCH3 is 1. The monoisotopic (exact) mass is 417 g/mol. The Bertz CT molecular complexity index is 851. The molecule has 1 unspecified atom stereocenters. The number of oxazole rings is 1. The Balaban J connectivity index is 2.38. The average Bonchev–Trinajstić information content (AvgIpc) is 3.19. The number of rotatable bonds is 10. The molecule has 166 valence electrons. The Morgan fingerprint density at radius 2 is 1.90 bits per heavy atom. The highest BCUT2D eigenvalue weighted by Crippen LogP contribution is 2.40. The first-order chi connectivity index (χ1) is 14.1. The number of carbonyl (C=O) groups is 1. The number of hydrogen-bond acceptors (Lipinski definition) is 6. The first-order valence-corrected chi connectivity index (χ1v) is 10.6. The summed E-state index contributed by atoms with van der Waals surface area (Å²) >= 11 is 0. The van der Waals surface area contributed by atoms with Gasteiger partial charge in [0.05, 0.1) is 30.7 Å². The minimum absolute atomic E-state index is 0.0875. The van der Waals surface area contributed by atoms with Crippen molar-refractivity contribution in [1.29, 1.82) is 0 Å². The van der Waals surface area contributed by atoms with Crippen LogP contribution in [0, 0.1) is 6.92 Å². The van der Waals surface area contributed by atoms with E-state index >= 15 is 0 Å². The molecule has 0 spiro atoms. The molecular formula is C24H35NO5. The highest BCUT2D eigenvalue weighted by atomic mass is 16.5. The molecule has 1 N–H and O–H groups in total. The van der Waals surface area contributed by atoms with E-state index in [0.29, 0.717) is 18.0 Å². The number of aliphatic hydroxyl groups excluding tert-OH is 1. The summed E-state index contributed by atoms with van der Waals surface area (Å²) in [6, 6.07) is 6.09. The van der Waals surface area contributed by atoms with E-state index < -0.39 is 17.1 Å². The second-order valence-corrected chi connectivity index (χ2v) is 8.30. The zero-order valence-corrected chi connectivity index (χ0v) is 19.2. The van der Waals surface area contributed by atoms with Crippen molar-refractivity contribution < 1.29 is 23.8 Å². The van der Waals surface area contributed by atoms with E-state index in [1.807, 2.05) is 39.8 Å². The predicted molar refractivity (Wildman–Crippen MR) is 116 cm³/mol. The number of hydrogen-bond donors (Lipinski definition) is 1. The molecule has 1 aromatic heterocycles. The van der Waals surface area contributed by atoms with Crippen LogP contribution in [0.15, 0.2) is 28.9 Å². The molecule has 0 radical (unpaired) electrons. The zero-order chi connectivity index (χ0) is 22.5. The quantitative estimate of drug-likeness (QED) is 0.563. The van der Waals surface area contributed by atoms with Crippen LogP contribution in [-0.2, 0) is 21.4 Å². The van der Waals surface area contributed by atoms with Gasteiger partial charge >= 0.3 is 5.97 Å². The average molecular weight is 418 g/mol. The van der Waals surface area contributed by atoms with Crippen LogP contribution in [0.2, 0.25) is 0 Å². The highest BCUT2D eigenvalue weighted by Gasteiger charge is 2.37. The normalized spacial score (nSPS) is 13.2. The Kier molecular flexibility index (Phi) is 7.70. The van der Waals surface area contributed by atoms with Crippen LogP contribution in [0.1, 0.15) is 76.6 Å². The first kappa shape index (κ1) is 23.9. The minimum atomic E-state index is -0.682. The molecule has 6 heteroatoms. The van der Waals surface area contributed by atoms with Gasteiger partial charge in [0.1, 0.15) is 17.6 Å². The Morgan fingerprint density at radius 1 is 1.23 bits per heavy atom. The number of benzene rings is 1. The van der Waals surface area contributed by atoms with Crippen molar-refractivity contribution in [3.05, 3.63) is 47.2 Å². The molecule has 2 rings (SSSR count). The van der Waals surface area contributed by atoms with Crippen molar-refractivity contribution >= 4 is 5.97 Å². The lowest BCUT2D eigenvalue weighted by atomic mass is 9.75. The molecule has 1 atom stereocenters. The molecule has 0 fully saturated rings. The van der Waals surface area contributed by atoms with E-state index in [9.17, 15) is 9.90 Å². The standard InChI is InChI=1S/C24H35NO5/c1-8-20(26)23(5,6)30-19-12-11-17(13-16(19)4)24(9-2,10-3)22-25-18(15-29-22)14-21(27)28-7/h11-13,15,20,26H,8-10,14H2,1-7H3. The third-order valence-corrected chi connectivity index (χ3v) is 6.01. The molecule has 30 heavy (non-hydrogen) atoms. The molecule has 0 aliphatic carbocycles. The molecule has 0 amide bonds. The van der Waals surface area contributed by atoms with Crippen LogP contribution in [0.5, 0.6) is 5.75 Å². The van der Waals surface area contributed by atoms with Gasteiger partial charge in [0.15, 0.2) is 0 Å². The van der Waals surface area contributed by atoms with Crippen LogP contribution < -0.4 is 4.74 Å². The van der Waals surface area contributed by atoms with Crippen molar-refractivity contribution in [2.24, 2.45) is 0 Å². The summed E-state index contributed by atoms with van der Waals surface area (Å²) in [4.78, 5) is 16.2. The molecular weight excluding hydrogens is 382 g/mol. The number of aryl methyl sites for hydroxylation is 1. The molecule has 0 aliphatic rings. The number of nitrogens with zero attached hydrogens (tertiary/aromatic N) is 1. The van der Waals surface area contributed by atoms with Gasteiger partial charge in [0.25, 0.3) is 0 Å². The maximum Gasteiger partial charge on any atom is 0.311 e. The van der Waals surface area contributed by atoms with Crippen molar-refractivity contribution in [1.82, 2.24) is 4.98 Å². The topological polar surface area (TPSA) is 81.8 Å². The van der Waals surface area contributed by atoms with Gasteiger partial charge in [-0.25, -0.2) is 4.98 Å². The lowest BCUT2D eigenvalue weighted by Gasteiger charge is -2.33. The molecule has 2 aromatic rings. The fourth-order valence-corrected chi connectivity index (χ4v) is 3.82. The SMILES string of the molecule is CCC(O)C(C)(C)Oc1ccc(C(CC)(CC)c2nc(CC(=O)OC)co2)cc1C.